The number of carbonyl (C=O) groups excluding carboxylic acids is 1. The number of hydrogen-bond acceptors (Lipinski definition) is 6. The van der Waals surface area contributed by atoms with Gasteiger partial charge in [-0.05, 0) is 66.4 Å². The van der Waals surface area contributed by atoms with E-state index in [2.05, 4.69) is 16.4 Å². The van der Waals surface area contributed by atoms with E-state index in [0.717, 1.165) is 45.8 Å². The van der Waals surface area contributed by atoms with Gasteiger partial charge in [-0.3, -0.25) is 10.1 Å². The van der Waals surface area contributed by atoms with Crippen molar-refractivity contribution in [2.45, 2.75) is 12.8 Å². The summed E-state index contributed by atoms with van der Waals surface area (Å²) in [6.45, 7) is 0. The fourth-order valence-electron chi connectivity index (χ4n) is 3.83. The summed E-state index contributed by atoms with van der Waals surface area (Å²) in [7, 11) is 3.92. The van der Waals surface area contributed by atoms with Crippen LogP contribution in [0.2, 0.25) is 0 Å². The van der Waals surface area contributed by atoms with Crippen LogP contribution in [0.5, 0.6) is 5.75 Å². The highest BCUT2D eigenvalue weighted by Gasteiger charge is 2.22. The van der Waals surface area contributed by atoms with Crippen molar-refractivity contribution >= 4 is 28.9 Å². The minimum absolute atomic E-state index is 0.239. The van der Waals surface area contributed by atoms with Crippen LogP contribution in [0.3, 0.4) is 0 Å². The van der Waals surface area contributed by atoms with Gasteiger partial charge in [0.05, 0.1) is 5.69 Å². The molecule has 0 atom stereocenters. The van der Waals surface area contributed by atoms with Gasteiger partial charge in [0.15, 0.2) is 0 Å². The second-order valence-electron chi connectivity index (χ2n) is 7.96. The summed E-state index contributed by atoms with van der Waals surface area (Å²) in [5, 5.41) is 12.7. The molecule has 2 N–H and O–H groups in total. The van der Waals surface area contributed by atoms with E-state index in [9.17, 15) is 9.90 Å². The molecule has 1 aliphatic rings. The largest absolute Gasteiger partial charge is 0.508 e. The smallest absolute Gasteiger partial charge is 0.258 e. The molecule has 7 heteroatoms. The van der Waals surface area contributed by atoms with Crippen LogP contribution < -0.4 is 10.2 Å². The lowest BCUT2D eigenvalue weighted by Crippen LogP contribution is -2.16. The average molecular weight is 443 g/mol. The van der Waals surface area contributed by atoms with E-state index in [-0.39, 0.29) is 11.7 Å². The van der Waals surface area contributed by atoms with E-state index in [1.165, 1.54) is 4.88 Å². The summed E-state index contributed by atoms with van der Waals surface area (Å²) in [5.74, 6) is 0.306. The van der Waals surface area contributed by atoms with Gasteiger partial charge in [-0.25, -0.2) is 9.97 Å². The van der Waals surface area contributed by atoms with Gasteiger partial charge in [-0.1, -0.05) is 12.1 Å². The summed E-state index contributed by atoms with van der Waals surface area (Å²) in [5.41, 5.74) is 5.57. The van der Waals surface area contributed by atoms with Gasteiger partial charge in [0.2, 0.25) is 5.95 Å². The Morgan fingerprint density at radius 2 is 1.91 bits per heavy atom. The Hall–Kier alpha value is -3.71. The number of phenolic OH excluding ortho intramolecular Hbond substituents is 1. The monoisotopic (exact) mass is 442 g/mol. The molecule has 6 nitrogen and oxygen atoms in total. The Balaban J connectivity index is 1.43. The number of hydrogen-bond donors (Lipinski definition) is 2. The summed E-state index contributed by atoms with van der Waals surface area (Å²) >= 11 is 1.72. The maximum Gasteiger partial charge on any atom is 0.258 e. The SMILES string of the molecule is CN(C)c1ccc(C(=O)Nc2ncc3c(n2)-c2cc(-c4cccc(O)c4)sc2CC3)cc1. The van der Waals surface area contributed by atoms with E-state index >= 15 is 0 Å². The molecule has 0 aliphatic heterocycles. The first-order valence-electron chi connectivity index (χ1n) is 10.3. The Morgan fingerprint density at radius 3 is 2.66 bits per heavy atom. The number of benzene rings is 2. The average Bonchev–Trinajstić information content (AvgIpc) is 3.24. The number of rotatable bonds is 4. The van der Waals surface area contributed by atoms with Crippen molar-refractivity contribution in [1.82, 2.24) is 9.97 Å². The minimum Gasteiger partial charge on any atom is -0.508 e. The van der Waals surface area contributed by atoms with Gasteiger partial charge in [-0.2, -0.15) is 0 Å². The summed E-state index contributed by atoms with van der Waals surface area (Å²) in [4.78, 5) is 26.1. The van der Waals surface area contributed by atoms with Gasteiger partial charge in [0.25, 0.3) is 5.91 Å². The van der Waals surface area contributed by atoms with E-state index in [0.29, 0.717) is 11.5 Å². The molecule has 2 aromatic carbocycles. The van der Waals surface area contributed by atoms with Crippen LogP contribution in [-0.2, 0) is 12.8 Å². The van der Waals surface area contributed by atoms with Crippen LogP contribution in [0, 0.1) is 0 Å². The minimum atomic E-state index is -0.239. The summed E-state index contributed by atoms with van der Waals surface area (Å²) < 4.78 is 0. The number of thiophene rings is 1. The van der Waals surface area contributed by atoms with Crippen LogP contribution in [0.25, 0.3) is 21.7 Å². The normalized spacial score (nSPS) is 12.1. The first-order chi connectivity index (χ1) is 15.5. The zero-order chi connectivity index (χ0) is 22.2. The van der Waals surface area contributed by atoms with Gasteiger partial charge in [-0.15, -0.1) is 11.3 Å². The molecule has 0 saturated heterocycles. The maximum atomic E-state index is 12.7. The van der Waals surface area contributed by atoms with E-state index in [1.54, 1.807) is 35.6 Å². The van der Waals surface area contributed by atoms with Crippen molar-refractivity contribution in [1.29, 1.82) is 0 Å². The molecule has 0 unspecified atom stereocenters. The molecule has 0 fully saturated rings. The predicted octanol–water partition coefficient (Wildman–Crippen LogP) is 4.99. The molecular formula is C25H22N4O2S. The molecule has 5 rings (SSSR count). The maximum absolute atomic E-state index is 12.7. The third-order valence-corrected chi connectivity index (χ3v) is 6.80. The van der Waals surface area contributed by atoms with Crippen molar-refractivity contribution in [3.05, 3.63) is 76.8 Å². The number of fused-ring (bicyclic) bond motifs is 3. The molecule has 0 spiro atoms. The van der Waals surface area contributed by atoms with Crippen LogP contribution in [-0.4, -0.2) is 35.1 Å². The van der Waals surface area contributed by atoms with Crippen LogP contribution >= 0.6 is 11.3 Å². The number of aromatic nitrogens is 2. The lowest BCUT2D eigenvalue weighted by atomic mass is 9.96. The number of aryl methyl sites for hydroxylation is 2. The molecule has 0 radical (unpaired) electrons. The number of nitrogens with zero attached hydrogens (tertiary/aromatic N) is 3. The molecule has 0 saturated carbocycles. The van der Waals surface area contributed by atoms with Crippen LogP contribution in [0.1, 0.15) is 20.8 Å². The van der Waals surface area contributed by atoms with Gasteiger partial charge >= 0.3 is 0 Å². The standard InChI is InChI=1S/C25H22N4O2S/c1-29(2)18-9-6-15(7-10-18)24(31)28-25-26-14-17-8-11-21-20(23(17)27-25)13-22(32-21)16-4-3-5-19(30)12-16/h3-7,9-10,12-14,30H,8,11H2,1-2H3,(H,26,27,28,31). The Morgan fingerprint density at radius 1 is 1.09 bits per heavy atom. The first kappa shape index (κ1) is 20.2. The number of aromatic hydroxyl groups is 1. The number of anilines is 2. The molecule has 32 heavy (non-hydrogen) atoms. The third-order valence-electron chi connectivity index (χ3n) is 5.55. The Kier molecular flexibility index (Phi) is 5.11. The van der Waals surface area contributed by atoms with Crippen LogP contribution in [0.4, 0.5) is 11.6 Å². The Labute approximate surface area is 190 Å². The van der Waals surface area contributed by atoms with Crippen molar-refractivity contribution in [3.63, 3.8) is 0 Å². The van der Waals surface area contributed by atoms with Crippen molar-refractivity contribution in [2.75, 3.05) is 24.3 Å². The molecule has 2 heterocycles. The number of carbonyl (C=O) groups is 1. The first-order valence-corrected chi connectivity index (χ1v) is 11.2. The fourth-order valence-corrected chi connectivity index (χ4v) is 4.99. The highest BCUT2D eigenvalue weighted by Crippen LogP contribution is 2.42. The highest BCUT2D eigenvalue weighted by atomic mass is 32.1. The molecule has 4 aromatic rings. The Bertz CT molecular complexity index is 1310. The fraction of sp³-hybridized carbons (Fsp3) is 0.160. The number of phenols is 1. The second kappa shape index (κ2) is 8.09. The number of amides is 1. The molecule has 1 amide bonds. The van der Waals surface area contributed by atoms with Crippen LogP contribution in [0.15, 0.2) is 60.8 Å². The molecule has 160 valence electrons. The zero-order valence-corrected chi connectivity index (χ0v) is 18.6. The molecule has 1 aliphatic carbocycles. The lowest BCUT2D eigenvalue weighted by molar-refractivity contribution is 0.102. The van der Waals surface area contributed by atoms with E-state index in [4.69, 9.17) is 4.98 Å². The quantitative estimate of drug-likeness (QED) is 0.465. The van der Waals surface area contributed by atoms with Crippen molar-refractivity contribution < 1.29 is 9.90 Å². The molecule has 0 bridgehead atoms. The van der Waals surface area contributed by atoms with Gasteiger partial charge < -0.3 is 10.0 Å². The second-order valence-corrected chi connectivity index (χ2v) is 9.10. The van der Waals surface area contributed by atoms with Gasteiger partial charge in [0.1, 0.15) is 5.75 Å². The number of nitrogens with one attached hydrogen (secondary N) is 1. The molecule has 2 aromatic heterocycles. The van der Waals surface area contributed by atoms with Crippen molar-refractivity contribution in [3.8, 4) is 27.4 Å². The lowest BCUT2D eigenvalue weighted by Gasteiger charge is -2.16. The topological polar surface area (TPSA) is 78.4 Å². The summed E-state index contributed by atoms with van der Waals surface area (Å²) in [6, 6.07) is 16.8. The highest BCUT2D eigenvalue weighted by molar-refractivity contribution is 7.16. The predicted molar refractivity (Wildman–Crippen MR) is 129 cm³/mol. The van der Waals surface area contributed by atoms with E-state index in [1.807, 2.05) is 49.5 Å². The molecular weight excluding hydrogens is 420 g/mol. The van der Waals surface area contributed by atoms with E-state index < -0.39 is 0 Å². The van der Waals surface area contributed by atoms with Crippen molar-refractivity contribution in [2.24, 2.45) is 0 Å². The summed E-state index contributed by atoms with van der Waals surface area (Å²) in [6.07, 6.45) is 3.60. The zero-order valence-electron chi connectivity index (χ0n) is 17.8. The van der Waals surface area contributed by atoms with Gasteiger partial charge in [0, 0.05) is 46.9 Å². The third kappa shape index (κ3) is 3.83.